The van der Waals surface area contributed by atoms with E-state index >= 15 is 0 Å². The van der Waals surface area contributed by atoms with Gasteiger partial charge in [0.1, 0.15) is 29.2 Å². The van der Waals surface area contributed by atoms with Crippen molar-refractivity contribution >= 4 is 11.7 Å². The van der Waals surface area contributed by atoms with Gasteiger partial charge in [0, 0.05) is 5.92 Å². The van der Waals surface area contributed by atoms with Crippen molar-refractivity contribution in [3.63, 3.8) is 0 Å². The molecule has 0 spiro atoms. The number of rotatable bonds is 7. The van der Waals surface area contributed by atoms with E-state index in [2.05, 4.69) is 5.32 Å². The Bertz CT molecular complexity index is 750. The van der Waals surface area contributed by atoms with E-state index in [4.69, 9.17) is 0 Å². The minimum atomic E-state index is -1.27. The van der Waals surface area contributed by atoms with Crippen LogP contribution in [0.3, 0.4) is 0 Å². The lowest BCUT2D eigenvalue weighted by Crippen LogP contribution is -2.35. The van der Waals surface area contributed by atoms with Crippen LogP contribution in [-0.4, -0.2) is 33.1 Å². The minimum Gasteiger partial charge on any atom is -0.511 e. The summed E-state index contributed by atoms with van der Waals surface area (Å²) in [6.45, 7) is 5.76. The largest absolute Gasteiger partial charge is 0.511 e. The molecule has 6 heteroatoms. The predicted molar refractivity (Wildman–Crippen MR) is 102 cm³/mol. The number of benzene rings is 1. The van der Waals surface area contributed by atoms with E-state index in [1.807, 2.05) is 26.0 Å². The number of aliphatic hydroxyl groups is 2. The molecule has 1 aliphatic rings. The first-order valence-electron chi connectivity index (χ1n) is 9.12. The maximum Gasteiger partial charge on any atom is 0.259 e. The molecule has 4 N–H and O–H groups in total. The molecule has 0 aliphatic carbocycles. The van der Waals surface area contributed by atoms with Gasteiger partial charge in [-0.1, -0.05) is 38.1 Å². The molecule has 0 aromatic heterocycles. The summed E-state index contributed by atoms with van der Waals surface area (Å²) in [7, 11) is 0. The molecular formula is C21H27NO5. The second-order valence-corrected chi connectivity index (χ2v) is 7.16. The van der Waals surface area contributed by atoms with Crippen molar-refractivity contribution in [1.82, 2.24) is 5.32 Å². The van der Waals surface area contributed by atoms with Crippen LogP contribution < -0.4 is 5.32 Å². The molecule has 6 nitrogen and oxygen atoms in total. The van der Waals surface area contributed by atoms with Gasteiger partial charge in [-0.25, -0.2) is 0 Å². The Morgan fingerprint density at radius 1 is 1.22 bits per heavy atom. The summed E-state index contributed by atoms with van der Waals surface area (Å²) in [5, 5.41) is 32.8. The number of aliphatic hydroxyl groups excluding tert-OH is 2. The van der Waals surface area contributed by atoms with Crippen molar-refractivity contribution in [3.05, 3.63) is 53.3 Å². The molecule has 1 amide bonds. The molecule has 0 bridgehead atoms. The third-order valence-electron chi connectivity index (χ3n) is 4.85. The van der Waals surface area contributed by atoms with Crippen LogP contribution >= 0.6 is 0 Å². The standard InChI is InChI=1S/C21H27NO5/c1-4-5-6-12(2)11-13(3)18(24)16-20(26)17(22-21(16)27)19(25)14-7-9-15(23)10-8-14/h4-5,7-10,12-13,17,19,23-25H,6,11H2,1-3H3,(H,22,27)/b5-4-,18-16-/t12-,13-,17-,19-/m0/s1. The van der Waals surface area contributed by atoms with Crippen LogP contribution in [-0.2, 0) is 9.59 Å². The van der Waals surface area contributed by atoms with Gasteiger partial charge in [0.25, 0.3) is 5.91 Å². The van der Waals surface area contributed by atoms with Gasteiger partial charge in [-0.15, -0.1) is 0 Å². The van der Waals surface area contributed by atoms with Gasteiger partial charge in [0.15, 0.2) is 5.78 Å². The molecule has 1 aromatic carbocycles. The first-order valence-corrected chi connectivity index (χ1v) is 9.12. The van der Waals surface area contributed by atoms with Crippen LogP contribution in [0.5, 0.6) is 5.75 Å². The lowest BCUT2D eigenvalue weighted by molar-refractivity contribution is -0.118. The maximum absolute atomic E-state index is 12.7. The molecule has 1 heterocycles. The number of phenols is 1. The van der Waals surface area contributed by atoms with E-state index in [0.717, 1.165) is 6.42 Å². The number of phenolic OH excluding ortho intramolecular Hbond substituents is 1. The van der Waals surface area contributed by atoms with Gasteiger partial charge < -0.3 is 20.6 Å². The lowest BCUT2D eigenvalue weighted by Gasteiger charge is -2.17. The zero-order valence-electron chi connectivity index (χ0n) is 15.8. The van der Waals surface area contributed by atoms with E-state index in [0.29, 0.717) is 12.0 Å². The van der Waals surface area contributed by atoms with E-state index in [1.54, 1.807) is 6.92 Å². The Balaban J connectivity index is 2.18. The van der Waals surface area contributed by atoms with E-state index < -0.39 is 23.8 Å². The number of nitrogens with one attached hydrogen (secondary N) is 1. The first-order chi connectivity index (χ1) is 12.8. The van der Waals surface area contributed by atoms with E-state index in [9.17, 15) is 24.9 Å². The van der Waals surface area contributed by atoms with Crippen molar-refractivity contribution in [2.75, 3.05) is 0 Å². The van der Waals surface area contributed by atoms with Gasteiger partial charge in [0.05, 0.1) is 0 Å². The SMILES string of the molecule is C/C=C\C[C@H](C)C[C@H](C)/C(O)=C1/C(=O)N[C@@H]([C@@H](O)c2ccc(O)cc2)C1=O. The number of hydrogen-bond donors (Lipinski definition) is 4. The maximum atomic E-state index is 12.7. The molecule has 4 atom stereocenters. The first kappa shape index (κ1) is 20.7. The average Bonchev–Trinajstić information content (AvgIpc) is 2.93. The second kappa shape index (κ2) is 8.86. The molecule has 146 valence electrons. The smallest absolute Gasteiger partial charge is 0.259 e. The van der Waals surface area contributed by atoms with Gasteiger partial charge >= 0.3 is 0 Å². The Morgan fingerprint density at radius 3 is 2.44 bits per heavy atom. The molecule has 0 radical (unpaired) electrons. The normalized spacial score (nSPS) is 22.6. The summed E-state index contributed by atoms with van der Waals surface area (Å²) in [4.78, 5) is 25.0. The average molecular weight is 373 g/mol. The third kappa shape index (κ3) is 4.77. The summed E-state index contributed by atoms with van der Waals surface area (Å²) in [5.41, 5.74) is 0.115. The van der Waals surface area contributed by atoms with Gasteiger partial charge in [-0.05, 0) is 43.4 Å². The van der Waals surface area contributed by atoms with Crippen LogP contribution in [0.25, 0.3) is 0 Å². The number of ketones is 1. The number of carbonyl (C=O) groups is 2. The highest BCUT2D eigenvalue weighted by atomic mass is 16.3. The second-order valence-electron chi connectivity index (χ2n) is 7.16. The summed E-state index contributed by atoms with van der Waals surface area (Å²) in [6.07, 6.45) is 4.22. The van der Waals surface area contributed by atoms with Gasteiger partial charge in [-0.3, -0.25) is 9.59 Å². The topological polar surface area (TPSA) is 107 Å². The van der Waals surface area contributed by atoms with E-state index in [-0.39, 0.29) is 28.9 Å². The third-order valence-corrected chi connectivity index (χ3v) is 4.85. The quantitative estimate of drug-likeness (QED) is 0.254. The summed E-state index contributed by atoms with van der Waals surface area (Å²) >= 11 is 0. The molecule has 0 saturated carbocycles. The molecule has 1 saturated heterocycles. The highest BCUT2D eigenvalue weighted by molar-refractivity contribution is 6.27. The Labute approximate surface area is 159 Å². The summed E-state index contributed by atoms with van der Waals surface area (Å²) in [5.74, 6) is -1.55. The highest BCUT2D eigenvalue weighted by Crippen LogP contribution is 2.29. The molecule has 1 aromatic rings. The van der Waals surface area contributed by atoms with Crippen molar-refractivity contribution in [1.29, 1.82) is 0 Å². The van der Waals surface area contributed by atoms with Crippen LogP contribution in [0.15, 0.2) is 47.7 Å². The fourth-order valence-electron chi connectivity index (χ4n) is 3.30. The van der Waals surface area contributed by atoms with Gasteiger partial charge in [-0.2, -0.15) is 0 Å². The Morgan fingerprint density at radius 2 is 1.85 bits per heavy atom. The monoisotopic (exact) mass is 373 g/mol. The summed E-state index contributed by atoms with van der Waals surface area (Å²) in [6, 6.07) is 4.58. The van der Waals surface area contributed by atoms with Crippen LogP contribution in [0.4, 0.5) is 0 Å². The molecule has 1 aliphatic heterocycles. The molecule has 2 rings (SSSR count). The van der Waals surface area contributed by atoms with Crippen molar-refractivity contribution < 1.29 is 24.9 Å². The zero-order valence-corrected chi connectivity index (χ0v) is 15.8. The fraction of sp³-hybridized carbons (Fsp3) is 0.429. The lowest BCUT2D eigenvalue weighted by atomic mass is 9.90. The zero-order chi connectivity index (χ0) is 20.1. The van der Waals surface area contributed by atoms with Crippen molar-refractivity contribution in [3.8, 4) is 5.75 Å². The number of amides is 1. The summed E-state index contributed by atoms with van der Waals surface area (Å²) < 4.78 is 0. The Hall–Kier alpha value is -2.60. The number of allylic oxidation sites excluding steroid dienone is 3. The van der Waals surface area contributed by atoms with Crippen molar-refractivity contribution in [2.24, 2.45) is 11.8 Å². The predicted octanol–water partition coefficient (Wildman–Crippen LogP) is 2.93. The van der Waals surface area contributed by atoms with Gasteiger partial charge in [0.2, 0.25) is 0 Å². The number of carbonyl (C=O) groups excluding carboxylic acids is 2. The number of Topliss-reactive ketones (excluding diaryl/α,β-unsaturated/α-hetero) is 1. The van der Waals surface area contributed by atoms with Crippen LogP contribution in [0, 0.1) is 11.8 Å². The number of hydrogen-bond acceptors (Lipinski definition) is 5. The van der Waals surface area contributed by atoms with Crippen LogP contribution in [0.1, 0.15) is 45.3 Å². The van der Waals surface area contributed by atoms with E-state index in [1.165, 1.54) is 24.3 Å². The molecule has 0 unspecified atom stereocenters. The molecular weight excluding hydrogens is 346 g/mol. The molecule has 1 fully saturated rings. The number of aromatic hydroxyl groups is 1. The van der Waals surface area contributed by atoms with Crippen molar-refractivity contribution in [2.45, 2.75) is 45.8 Å². The highest BCUT2D eigenvalue weighted by Gasteiger charge is 2.43. The molecule has 27 heavy (non-hydrogen) atoms. The van der Waals surface area contributed by atoms with Crippen LogP contribution in [0.2, 0.25) is 0 Å². The Kier molecular flexibility index (Phi) is 6.80. The fourth-order valence-corrected chi connectivity index (χ4v) is 3.30. The minimum absolute atomic E-state index is 0.0341.